The molecule has 2 heterocycles. The van der Waals surface area contributed by atoms with Crippen molar-refractivity contribution in [1.82, 2.24) is 19.7 Å². The maximum absolute atomic E-state index is 11.2. The zero-order valence-electron chi connectivity index (χ0n) is 7.73. The lowest BCUT2D eigenvalue weighted by Gasteiger charge is -1.93. The van der Waals surface area contributed by atoms with Crippen molar-refractivity contribution in [2.45, 2.75) is 19.9 Å². The van der Waals surface area contributed by atoms with E-state index in [4.69, 9.17) is 0 Å². The summed E-state index contributed by atoms with van der Waals surface area (Å²) in [5, 5.41) is 9.85. The highest BCUT2D eigenvalue weighted by Crippen LogP contribution is 2.10. The number of hydrogen-bond acceptors (Lipinski definition) is 4. The maximum atomic E-state index is 11.2. The van der Waals surface area contributed by atoms with Gasteiger partial charge in [-0.3, -0.25) is 4.57 Å². The minimum atomic E-state index is -0.113. The molecule has 0 saturated carbocycles. The Kier molecular flexibility index (Phi) is 2.45. The predicted octanol–water partition coefficient (Wildman–Crippen LogP) is 0.639. The molecule has 0 unspecified atom stereocenters. The summed E-state index contributed by atoms with van der Waals surface area (Å²) in [6, 6.07) is 0. The Morgan fingerprint density at radius 3 is 2.86 bits per heavy atom. The molecule has 0 spiro atoms. The van der Waals surface area contributed by atoms with Crippen LogP contribution >= 0.6 is 11.3 Å². The molecule has 0 atom stereocenters. The van der Waals surface area contributed by atoms with Crippen LogP contribution in [0.4, 0.5) is 0 Å². The van der Waals surface area contributed by atoms with Crippen LogP contribution in [0.3, 0.4) is 0 Å². The van der Waals surface area contributed by atoms with Crippen LogP contribution in [0.25, 0.3) is 0 Å². The standard InChI is InChI=1S/C8H10N4OS/c1-2-6-10-11-7(14-6)5-12-4-3-9-8(12)13/h3-4H,2,5H2,1H3,(H,9,13). The fourth-order valence-electron chi connectivity index (χ4n) is 1.11. The fourth-order valence-corrected chi connectivity index (χ4v) is 1.90. The predicted molar refractivity (Wildman–Crippen MR) is 53.4 cm³/mol. The molecule has 2 aromatic heterocycles. The minimum absolute atomic E-state index is 0.113. The van der Waals surface area contributed by atoms with Crippen LogP contribution < -0.4 is 5.69 Å². The summed E-state index contributed by atoms with van der Waals surface area (Å²) >= 11 is 1.54. The first-order valence-electron chi connectivity index (χ1n) is 4.34. The van der Waals surface area contributed by atoms with E-state index in [1.807, 2.05) is 6.92 Å². The molecular weight excluding hydrogens is 200 g/mol. The Hall–Kier alpha value is -1.43. The lowest BCUT2D eigenvalue weighted by molar-refractivity contribution is 0.744. The molecule has 0 aliphatic rings. The Morgan fingerprint density at radius 2 is 2.29 bits per heavy atom. The highest BCUT2D eigenvalue weighted by molar-refractivity contribution is 7.11. The monoisotopic (exact) mass is 210 g/mol. The third kappa shape index (κ3) is 1.74. The first-order chi connectivity index (χ1) is 6.79. The minimum Gasteiger partial charge on any atom is -0.313 e. The van der Waals surface area contributed by atoms with Gasteiger partial charge >= 0.3 is 5.69 Å². The van der Waals surface area contributed by atoms with Crippen molar-refractivity contribution >= 4 is 11.3 Å². The van der Waals surface area contributed by atoms with Gasteiger partial charge in [0, 0.05) is 12.4 Å². The van der Waals surface area contributed by atoms with Crippen LogP contribution in [0.1, 0.15) is 16.9 Å². The molecule has 74 valence electrons. The Labute approximate surface area is 84.4 Å². The quantitative estimate of drug-likeness (QED) is 0.808. The van der Waals surface area contributed by atoms with Gasteiger partial charge in [0.15, 0.2) is 0 Å². The summed E-state index contributed by atoms with van der Waals surface area (Å²) in [6.45, 7) is 2.53. The summed E-state index contributed by atoms with van der Waals surface area (Å²) in [4.78, 5) is 13.7. The van der Waals surface area contributed by atoms with E-state index >= 15 is 0 Å². The van der Waals surface area contributed by atoms with Crippen LogP contribution in [-0.4, -0.2) is 19.7 Å². The normalized spacial score (nSPS) is 10.6. The first kappa shape index (κ1) is 9.14. The summed E-state index contributed by atoms with van der Waals surface area (Å²) in [6.07, 6.45) is 4.21. The van der Waals surface area contributed by atoms with Crippen LogP contribution in [0.15, 0.2) is 17.2 Å². The lowest BCUT2D eigenvalue weighted by Crippen LogP contribution is -2.16. The molecule has 0 radical (unpaired) electrons. The molecule has 0 bridgehead atoms. The number of nitrogens with one attached hydrogen (secondary N) is 1. The molecule has 0 saturated heterocycles. The molecule has 0 aliphatic carbocycles. The van der Waals surface area contributed by atoms with Crippen molar-refractivity contribution in [2.75, 3.05) is 0 Å². The average Bonchev–Trinajstić information content (AvgIpc) is 2.77. The van der Waals surface area contributed by atoms with Crippen molar-refractivity contribution in [1.29, 1.82) is 0 Å². The van der Waals surface area contributed by atoms with Gasteiger partial charge in [0.05, 0.1) is 6.54 Å². The molecule has 1 N–H and O–H groups in total. The largest absolute Gasteiger partial charge is 0.325 e. The lowest BCUT2D eigenvalue weighted by atomic mass is 10.5. The molecule has 2 rings (SSSR count). The zero-order valence-corrected chi connectivity index (χ0v) is 8.54. The number of rotatable bonds is 3. The molecule has 5 nitrogen and oxygen atoms in total. The number of aryl methyl sites for hydroxylation is 1. The molecule has 0 amide bonds. The molecule has 2 aromatic rings. The van der Waals surface area contributed by atoms with Gasteiger partial charge in [-0.1, -0.05) is 18.3 Å². The highest BCUT2D eigenvalue weighted by atomic mass is 32.1. The van der Waals surface area contributed by atoms with E-state index in [1.54, 1.807) is 28.3 Å². The second-order valence-electron chi connectivity index (χ2n) is 2.84. The van der Waals surface area contributed by atoms with Crippen LogP contribution in [0.5, 0.6) is 0 Å². The zero-order chi connectivity index (χ0) is 9.97. The second kappa shape index (κ2) is 3.75. The van der Waals surface area contributed by atoms with Gasteiger partial charge in [-0.25, -0.2) is 4.79 Å². The fraction of sp³-hybridized carbons (Fsp3) is 0.375. The maximum Gasteiger partial charge on any atom is 0.325 e. The van der Waals surface area contributed by atoms with Gasteiger partial charge in [0.2, 0.25) is 0 Å². The Balaban J connectivity index is 2.19. The van der Waals surface area contributed by atoms with E-state index in [1.165, 1.54) is 0 Å². The topological polar surface area (TPSA) is 63.6 Å². The third-order valence-corrected chi connectivity index (χ3v) is 2.89. The number of aromatic nitrogens is 4. The van der Waals surface area contributed by atoms with Gasteiger partial charge in [0.1, 0.15) is 10.0 Å². The molecule has 6 heteroatoms. The van der Waals surface area contributed by atoms with E-state index in [-0.39, 0.29) is 5.69 Å². The number of nitrogens with zero attached hydrogens (tertiary/aromatic N) is 3. The number of aromatic amines is 1. The third-order valence-electron chi connectivity index (χ3n) is 1.84. The van der Waals surface area contributed by atoms with Crippen LogP contribution in [0.2, 0.25) is 0 Å². The van der Waals surface area contributed by atoms with E-state index in [0.717, 1.165) is 16.4 Å². The highest BCUT2D eigenvalue weighted by Gasteiger charge is 2.04. The summed E-state index contributed by atoms with van der Waals surface area (Å²) in [5.74, 6) is 0. The molecule has 0 aliphatic heterocycles. The van der Waals surface area contributed by atoms with Gasteiger partial charge in [0.25, 0.3) is 0 Å². The molecule has 0 aromatic carbocycles. The van der Waals surface area contributed by atoms with Crippen LogP contribution in [0, 0.1) is 0 Å². The number of hydrogen-bond donors (Lipinski definition) is 1. The molecule has 0 fully saturated rings. The van der Waals surface area contributed by atoms with Crippen molar-refractivity contribution in [3.63, 3.8) is 0 Å². The summed E-state index contributed by atoms with van der Waals surface area (Å²) in [7, 11) is 0. The van der Waals surface area contributed by atoms with Gasteiger partial charge < -0.3 is 4.98 Å². The van der Waals surface area contributed by atoms with Crippen molar-refractivity contribution < 1.29 is 0 Å². The van der Waals surface area contributed by atoms with E-state index in [2.05, 4.69) is 15.2 Å². The van der Waals surface area contributed by atoms with Gasteiger partial charge in [-0.05, 0) is 6.42 Å². The Bertz CT molecular complexity index is 469. The van der Waals surface area contributed by atoms with Crippen molar-refractivity contribution in [3.8, 4) is 0 Å². The van der Waals surface area contributed by atoms with Gasteiger partial charge in [-0.15, -0.1) is 10.2 Å². The van der Waals surface area contributed by atoms with Crippen LogP contribution in [-0.2, 0) is 13.0 Å². The SMILES string of the molecule is CCc1nnc(Cn2cc[nH]c2=O)s1. The van der Waals surface area contributed by atoms with Gasteiger partial charge in [-0.2, -0.15) is 0 Å². The smallest absolute Gasteiger partial charge is 0.313 e. The second-order valence-corrected chi connectivity index (χ2v) is 3.98. The summed E-state index contributed by atoms with van der Waals surface area (Å²) < 4.78 is 1.57. The first-order valence-corrected chi connectivity index (χ1v) is 5.16. The molecule has 14 heavy (non-hydrogen) atoms. The number of H-pyrrole nitrogens is 1. The average molecular weight is 210 g/mol. The number of imidazole rings is 1. The van der Waals surface area contributed by atoms with Crippen molar-refractivity contribution in [2.24, 2.45) is 0 Å². The van der Waals surface area contributed by atoms with Crippen molar-refractivity contribution in [3.05, 3.63) is 32.9 Å². The Morgan fingerprint density at radius 1 is 1.50 bits per heavy atom. The van der Waals surface area contributed by atoms with E-state index < -0.39 is 0 Å². The molecular formula is C8H10N4OS. The van der Waals surface area contributed by atoms with E-state index in [9.17, 15) is 4.79 Å². The van der Waals surface area contributed by atoms with E-state index in [0.29, 0.717) is 6.54 Å². The summed E-state index contributed by atoms with van der Waals surface area (Å²) in [5.41, 5.74) is -0.113.